The molecular formula is C32H43NO5. The molecule has 3 saturated carbocycles. The Morgan fingerprint density at radius 1 is 0.947 bits per heavy atom. The van der Waals surface area contributed by atoms with Crippen LogP contribution in [0, 0.1) is 51.8 Å². The summed E-state index contributed by atoms with van der Waals surface area (Å²) in [7, 11) is 2.85. The predicted molar refractivity (Wildman–Crippen MR) is 146 cm³/mol. The minimum absolute atomic E-state index is 0.0553. The lowest BCUT2D eigenvalue weighted by atomic mass is 9.34. The molecular weight excluding hydrogens is 478 g/mol. The molecule has 0 saturated heterocycles. The molecule has 6 rings (SSSR count). The molecule has 6 nitrogen and oxygen atoms in total. The Morgan fingerprint density at radius 2 is 1.63 bits per heavy atom. The largest absolute Gasteiger partial charge is 0.469 e. The first kappa shape index (κ1) is 27.0. The maximum atomic E-state index is 13.9. The number of ether oxygens (including phenoxy) is 2. The fourth-order valence-electron chi connectivity index (χ4n) is 9.60. The molecule has 1 amide bonds. The molecule has 3 fully saturated rings. The quantitative estimate of drug-likeness (QED) is 0.378. The first-order valence-electron chi connectivity index (χ1n) is 14.3. The van der Waals surface area contributed by atoms with E-state index in [1.54, 1.807) is 0 Å². The van der Waals surface area contributed by atoms with Gasteiger partial charge in [-0.05, 0) is 73.3 Å². The second-order valence-electron chi connectivity index (χ2n) is 13.0. The third-order valence-electron chi connectivity index (χ3n) is 11.2. The number of amides is 1. The van der Waals surface area contributed by atoms with E-state index in [1.165, 1.54) is 19.8 Å². The fraction of sp³-hybridized carbons (Fsp3) is 0.656. The Kier molecular flexibility index (Phi) is 6.76. The number of hydrogen-bond donors (Lipinski definition) is 1. The maximum Gasteiger partial charge on any atom is 0.310 e. The average molecular weight is 522 g/mol. The van der Waals surface area contributed by atoms with E-state index in [0.717, 1.165) is 44.2 Å². The number of nitrogens with one attached hydrogen (secondary N) is 1. The highest BCUT2D eigenvalue weighted by Gasteiger charge is 2.71. The van der Waals surface area contributed by atoms with Gasteiger partial charge in [-0.1, -0.05) is 64.0 Å². The summed E-state index contributed by atoms with van der Waals surface area (Å²) in [6.07, 6.45) is 7.67. The predicted octanol–water partition coefficient (Wildman–Crippen LogP) is 6.03. The van der Waals surface area contributed by atoms with Crippen molar-refractivity contribution in [3.63, 3.8) is 0 Å². The van der Waals surface area contributed by atoms with Crippen molar-refractivity contribution in [2.24, 2.45) is 51.8 Å². The van der Waals surface area contributed by atoms with Crippen molar-refractivity contribution in [1.82, 2.24) is 0 Å². The van der Waals surface area contributed by atoms with Gasteiger partial charge in [0.15, 0.2) is 0 Å². The van der Waals surface area contributed by atoms with Crippen LogP contribution in [0.25, 0.3) is 0 Å². The van der Waals surface area contributed by atoms with Crippen LogP contribution in [0.1, 0.15) is 66.2 Å². The first-order chi connectivity index (χ1) is 18.0. The summed E-state index contributed by atoms with van der Waals surface area (Å²) in [5.74, 6) is -1.01. The van der Waals surface area contributed by atoms with E-state index in [2.05, 4.69) is 39.1 Å². The molecule has 8 atom stereocenters. The zero-order chi connectivity index (χ0) is 27.5. The minimum atomic E-state index is -0.560. The second-order valence-corrected chi connectivity index (χ2v) is 13.0. The number of para-hydroxylation sites is 1. The van der Waals surface area contributed by atoms with Crippen molar-refractivity contribution >= 4 is 23.5 Å². The molecule has 206 valence electrons. The zero-order valence-corrected chi connectivity index (χ0v) is 23.7. The van der Waals surface area contributed by atoms with Gasteiger partial charge in [0, 0.05) is 11.1 Å². The number of carbonyl (C=O) groups is 3. The molecule has 2 bridgehead atoms. The standard InChI is InChI=1S/C32H43NO5/c1-19(2)22-18-32-16-13-23-30(3,14-10-15-31(23,4)29(36)33-20-11-8-7-9-12-20)24(32)17-21(22)25(27(34)37-5)26(32)28(35)38-6/h7-9,11-12,18-19,21,23-26H,10,13-17H2,1-6H3,(H,33,36)/t21-,23+,24+,25-,26+,30-,31+,32?/m0/s1. The first-order valence-corrected chi connectivity index (χ1v) is 14.3. The van der Waals surface area contributed by atoms with Crippen LogP contribution < -0.4 is 5.32 Å². The van der Waals surface area contributed by atoms with E-state index >= 15 is 0 Å². The van der Waals surface area contributed by atoms with E-state index in [9.17, 15) is 14.4 Å². The lowest BCUT2D eigenvalue weighted by Crippen LogP contribution is -2.67. The number of allylic oxidation sites excluding steroid dienone is 2. The molecule has 0 heterocycles. The Balaban J connectivity index is 1.58. The number of hydrogen-bond acceptors (Lipinski definition) is 5. The number of rotatable bonds is 5. The summed E-state index contributed by atoms with van der Waals surface area (Å²) in [5.41, 5.74) is 0.989. The van der Waals surface area contributed by atoms with Gasteiger partial charge < -0.3 is 14.8 Å². The summed E-state index contributed by atoms with van der Waals surface area (Å²) in [4.78, 5) is 40.6. The number of anilines is 1. The number of carbonyl (C=O) groups excluding carboxylic acids is 3. The summed E-state index contributed by atoms with van der Waals surface area (Å²) >= 11 is 0. The van der Waals surface area contributed by atoms with Gasteiger partial charge in [-0.2, -0.15) is 0 Å². The zero-order valence-electron chi connectivity index (χ0n) is 23.7. The number of methoxy groups -OCH3 is 2. The van der Waals surface area contributed by atoms with Gasteiger partial charge in [0.25, 0.3) is 0 Å². The highest BCUT2D eigenvalue weighted by molar-refractivity contribution is 5.95. The van der Waals surface area contributed by atoms with Gasteiger partial charge in [-0.25, -0.2) is 0 Å². The summed E-state index contributed by atoms with van der Waals surface area (Å²) in [5, 5.41) is 3.21. The van der Waals surface area contributed by atoms with E-state index < -0.39 is 22.7 Å². The SMILES string of the molecule is COC(=O)[C@H]1[C@H]2C[C@H]3C(C=C2C(C)C)(CC[C@@H]2[C@]3(C)CCC[C@@]2(C)C(=O)Nc2ccccc2)[C@H]1C(=O)OC. The molecule has 0 aromatic heterocycles. The van der Waals surface area contributed by atoms with Crippen molar-refractivity contribution in [3.05, 3.63) is 42.0 Å². The molecule has 1 unspecified atom stereocenters. The van der Waals surface area contributed by atoms with E-state index in [-0.39, 0.29) is 46.9 Å². The molecule has 1 N–H and O–H groups in total. The highest BCUT2D eigenvalue weighted by atomic mass is 16.5. The van der Waals surface area contributed by atoms with Crippen LogP contribution >= 0.6 is 0 Å². The van der Waals surface area contributed by atoms with Crippen molar-refractivity contribution < 1.29 is 23.9 Å². The molecule has 6 heteroatoms. The van der Waals surface area contributed by atoms with Gasteiger partial charge in [-0.15, -0.1) is 0 Å². The van der Waals surface area contributed by atoms with Crippen LogP contribution in [0.5, 0.6) is 0 Å². The Labute approximate surface area is 226 Å². The van der Waals surface area contributed by atoms with E-state index in [1.807, 2.05) is 30.3 Å². The van der Waals surface area contributed by atoms with Crippen LogP contribution in [-0.2, 0) is 23.9 Å². The lowest BCUT2D eigenvalue weighted by Gasteiger charge is -2.69. The van der Waals surface area contributed by atoms with Gasteiger partial charge in [0.2, 0.25) is 5.91 Å². The monoisotopic (exact) mass is 521 g/mol. The molecule has 1 aromatic rings. The van der Waals surface area contributed by atoms with Crippen LogP contribution in [0.2, 0.25) is 0 Å². The third kappa shape index (κ3) is 3.76. The molecule has 1 spiro atoms. The molecule has 0 aliphatic heterocycles. The summed E-state index contributed by atoms with van der Waals surface area (Å²) in [6, 6.07) is 9.70. The maximum absolute atomic E-state index is 13.9. The van der Waals surface area contributed by atoms with Crippen molar-refractivity contribution in [1.29, 1.82) is 0 Å². The Morgan fingerprint density at radius 3 is 2.26 bits per heavy atom. The smallest absolute Gasteiger partial charge is 0.310 e. The topological polar surface area (TPSA) is 81.7 Å². The van der Waals surface area contributed by atoms with Gasteiger partial charge in [0.05, 0.1) is 31.5 Å². The average Bonchev–Trinajstić information content (AvgIpc) is 2.91. The van der Waals surface area contributed by atoms with Crippen LogP contribution in [-0.4, -0.2) is 32.1 Å². The molecule has 38 heavy (non-hydrogen) atoms. The van der Waals surface area contributed by atoms with Gasteiger partial charge in [0.1, 0.15) is 0 Å². The number of esters is 2. The Hall–Kier alpha value is -2.63. The normalized spacial score (nSPS) is 39.4. The Bertz CT molecular complexity index is 1140. The number of fused-ring (bicyclic) bond motifs is 2. The van der Waals surface area contributed by atoms with Crippen LogP contribution in [0.4, 0.5) is 5.69 Å². The molecule has 1 aromatic carbocycles. The molecule has 0 radical (unpaired) electrons. The lowest BCUT2D eigenvalue weighted by molar-refractivity contribution is -0.204. The van der Waals surface area contributed by atoms with Crippen molar-refractivity contribution in [2.45, 2.75) is 66.2 Å². The molecule has 5 aliphatic rings. The highest BCUT2D eigenvalue weighted by Crippen LogP contribution is 2.73. The van der Waals surface area contributed by atoms with Crippen LogP contribution in [0.15, 0.2) is 42.0 Å². The van der Waals surface area contributed by atoms with E-state index in [0.29, 0.717) is 0 Å². The minimum Gasteiger partial charge on any atom is -0.469 e. The van der Waals surface area contributed by atoms with Gasteiger partial charge >= 0.3 is 11.9 Å². The van der Waals surface area contributed by atoms with Crippen LogP contribution in [0.3, 0.4) is 0 Å². The number of benzene rings is 1. The van der Waals surface area contributed by atoms with Crippen molar-refractivity contribution in [2.75, 3.05) is 19.5 Å². The second kappa shape index (κ2) is 9.53. The molecule has 5 aliphatic carbocycles. The van der Waals surface area contributed by atoms with Gasteiger partial charge in [-0.3, -0.25) is 14.4 Å². The third-order valence-corrected chi connectivity index (χ3v) is 11.2. The summed E-state index contributed by atoms with van der Waals surface area (Å²) in [6.45, 7) is 8.87. The summed E-state index contributed by atoms with van der Waals surface area (Å²) < 4.78 is 10.7. The van der Waals surface area contributed by atoms with E-state index in [4.69, 9.17) is 9.47 Å². The fourth-order valence-corrected chi connectivity index (χ4v) is 9.60. The van der Waals surface area contributed by atoms with Crippen molar-refractivity contribution in [3.8, 4) is 0 Å².